The van der Waals surface area contributed by atoms with Crippen molar-refractivity contribution >= 4 is 12.0 Å². The Morgan fingerprint density at radius 1 is 1.38 bits per heavy atom. The molecule has 0 N–H and O–H groups in total. The summed E-state index contributed by atoms with van der Waals surface area (Å²) in [6, 6.07) is 7.55. The van der Waals surface area contributed by atoms with Gasteiger partial charge in [0.1, 0.15) is 5.75 Å². The Kier molecular flexibility index (Phi) is 5.34. The number of hydrogen-bond donors (Lipinski definition) is 0. The van der Waals surface area contributed by atoms with Gasteiger partial charge in [-0.2, -0.15) is 0 Å². The second-order valence-electron chi connectivity index (χ2n) is 3.68. The molecular weight excluding hydrogens is 200 g/mol. The van der Waals surface area contributed by atoms with E-state index in [0.717, 1.165) is 12.0 Å². The number of allylic oxidation sites excluding steroid dienone is 1. The van der Waals surface area contributed by atoms with Gasteiger partial charge in [-0.1, -0.05) is 50.1 Å². The number of carbonyl (C=O) groups excluding carboxylic acids is 1. The molecule has 0 spiro atoms. The highest BCUT2D eigenvalue weighted by molar-refractivity contribution is 5.71. The highest BCUT2D eigenvalue weighted by Gasteiger charge is 2.01. The lowest BCUT2D eigenvalue weighted by atomic mass is 10.1. The molecule has 86 valence electrons. The van der Waals surface area contributed by atoms with Crippen LogP contribution >= 0.6 is 0 Å². The maximum Gasteiger partial charge on any atom is 0.308 e. The lowest BCUT2D eigenvalue weighted by Gasteiger charge is -2.04. The number of para-hydroxylation sites is 1. The van der Waals surface area contributed by atoms with Crippen LogP contribution in [0.3, 0.4) is 0 Å². The zero-order chi connectivity index (χ0) is 11.8. The maximum absolute atomic E-state index is 10.9. The fourth-order valence-electron chi connectivity index (χ4n) is 1.40. The first-order chi connectivity index (χ1) is 7.74. The van der Waals surface area contributed by atoms with E-state index < -0.39 is 0 Å². The molecule has 0 aliphatic heterocycles. The van der Waals surface area contributed by atoms with Crippen molar-refractivity contribution in [3.63, 3.8) is 0 Å². The van der Waals surface area contributed by atoms with E-state index >= 15 is 0 Å². The van der Waals surface area contributed by atoms with Gasteiger partial charge in [-0.15, -0.1) is 0 Å². The molecule has 2 heteroatoms. The maximum atomic E-state index is 10.9. The van der Waals surface area contributed by atoms with Crippen molar-refractivity contribution in [2.45, 2.75) is 33.1 Å². The van der Waals surface area contributed by atoms with Crippen molar-refractivity contribution in [1.82, 2.24) is 0 Å². The second-order valence-corrected chi connectivity index (χ2v) is 3.68. The van der Waals surface area contributed by atoms with Crippen LogP contribution in [-0.4, -0.2) is 5.97 Å². The molecule has 1 aromatic carbocycles. The molecule has 0 saturated heterocycles. The molecule has 0 heterocycles. The fourth-order valence-corrected chi connectivity index (χ4v) is 1.40. The lowest BCUT2D eigenvalue weighted by molar-refractivity contribution is -0.131. The van der Waals surface area contributed by atoms with Crippen LogP contribution in [0.1, 0.15) is 38.7 Å². The number of rotatable bonds is 5. The smallest absolute Gasteiger partial charge is 0.308 e. The molecule has 2 nitrogen and oxygen atoms in total. The van der Waals surface area contributed by atoms with Crippen molar-refractivity contribution in [3.05, 3.63) is 35.9 Å². The van der Waals surface area contributed by atoms with Crippen LogP contribution in [0.15, 0.2) is 30.3 Å². The quantitative estimate of drug-likeness (QED) is 0.426. The highest BCUT2D eigenvalue weighted by atomic mass is 16.5. The van der Waals surface area contributed by atoms with Gasteiger partial charge in [0.05, 0.1) is 0 Å². The fraction of sp³-hybridized carbons (Fsp3) is 0.357. The second kappa shape index (κ2) is 6.83. The normalized spacial score (nSPS) is 10.6. The van der Waals surface area contributed by atoms with Gasteiger partial charge in [0.2, 0.25) is 0 Å². The van der Waals surface area contributed by atoms with Crippen LogP contribution in [0.4, 0.5) is 0 Å². The van der Waals surface area contributed by atoms with Gasteiger partial charge in [-0.3, -0.25) is 4.79 Å². The first-order valence-electron chi connectivity index (χ1n) is 5.68. The summed E-state index contributed by atoms with van der Waals surface area (Å²) < 4.78 is 5.11. The van der Waals surface area contributed by atoms with Crippen LogP contribution in [0.5, 0.6) is 5.75 Å². The van der Waals surface area contributed by atoms with E-state index in [1.165, 1.54) is 19.8 Å². The Hall–Kier alpha value is -1.57. The number of unbranched alkanes of at least 4 members (excludes halogenated alkanes) is 2. The molecular formula is C14H18O2. The van der Waals surface area contributed by atoms with E-state index in [-0.39, 0.29) is 5.97 Å². The van der Waals surface area contributed by atoms with Gasteiger partial charge in [0, 0.05) is 12.5 Å². The standard InChI is InChI=1S/C14H18O2/c1-3-4-5-6-9-13-10-7-8-11-14(13)16-12(2)15/h6-11H,3-5H2,1-2H3. The summed E-state index contributed by atoms with van der Waals surface area (Å²) in [5, 5.41) is 0. The molecule has 0 bridgehead atoms. The third-order valence-corrected chi connectivity index (χ3v) is 2.19. The molecule has 0 radical (unpaired) electrons. The Morgan fingerprint density at radius 2 is 2.12 bits per heavy atom. The minimum atomic E-state index is -0.283. The van der Waals surface area contributed by atoms with Crippen LogP contribution < -0.4 is 4.74 Å². The Balaban J connectivity index is 2.70. The molecule has 0 aliphatic carbocycles. The van der Waals surface area contributed by atoms with E-state index in [0.29, 0.717) is 5.75 Å². The van der Waals surface area contributed by atoms with E-state index in [1.54, 1.807) is 6.07 Å². The minimum Gasteiger partial charge on any atom is -0.426 e. The summed E-state index contributed by atoms with van der Waals surface area (Å²) in [5.74, 6) is 0.345. The zero-order valence-electron chi connectivity index (χ0n) is 9.90. The van der Waals surface area contributed by atoms with Crippen molar-refractivity contribution < 1.29 is 9.53 Å². The van der Waals surface area contributed by atoms with Crippen molar-refractivity contribution in [3.8, 4) is 5.75 Å². The van der Waals surface area contributed by atoms with Crippen LogP contribution in [0, 0.1) is 0 Å². The third-order valence-electron chi connectivity index (χ3n) is 2.19. The van der Waals surface area contributed by atoms with Gasteiger partial charge in [-0.25, -0.2) is 0 Å². The van der Waals surface area contributed by atoms with E-state index in [4.69, 9.17) is 4.74 Å². The Bertz CT molecular complexity index is 367. The summed E-state index contributed by atoms with van der Waals surface area (Å²) in [6.07, 6.45) is 7.56. The molecule has 0 aliphatic rings. The Morgan fingerprint density at radius 3 is 2.81 bits per heavy atom. The third kappa shape index (κ3) is 4.30. The summed E-state index contributed by atoms with van der Waals surface area (Å²) >= 11 is 0. The van der Waals surface area contributed by atoms with Crippen molar-refractivity contribution in [2.24, 2.45) is 0 Å². The monoisotopic (exact) mass is 218 g/mol. The number of hydrogen-bond acceptors (Lipinski definition) is 2. The summed E-state index contributed by atoms with van der Waals surface area (Å²) in [6.45, 7) is 3.58. The molecule has 1 aromatic rings. The first kappa shape index (κ1) is 12.5. The highest BCUT2D eigenvalue weighted by Crippen LogP contribution is 2.19. The van der Waals surface area contributed by atoms with Crippen LogP contribution in [0.2, 0.25) is 0 Å². The molecule has 1 rings (SSSR count). The van der Waals surface area contributed by atoms with Gasteiger partial charge in [0.15, 0.2) is 0 Å². The molecule has 0 atom stereocenters. The van der Waals surface area contributed by atoms with E-state index in [9.17, 15) is 4.79 Å². The molecule has 0 unspecified atom stereocenters. The number of ether oxygens (including phenoxy) is 1. The van der Waals surface area contributed by atoms with E-state index in [1.807, 2.05) is 24.3 Å². The van der Waals surface area contributed by atoms with Gasteiger partial charge >= 0.3 is 5.97 Å². The van der Waals surface area contributed by atoms with Gasteiger partial charge in [-0.05, 0) is 12.5 Å². The molecule has 0 aromatic heterocycles. The van der Waals surface area contributed by atoms with Crippen molar-refractivity contribution in [2.75, 3.05) is 0 Å². The van der Waals surface area contributed by atoms with E-state index in [2.05, 4.69) is 13.0 Å². The SMILES string of the molecule is CCCCC=Cc1ccccc1OC(C)=O. The summed E-state index contributed by atoms with van der Waals surface area (Å²) in [5.41, 5.74) is 0.953. The number of esters is 1. The summed E-state index contributed by atoms with van der Waals surface area (Å²) in [4.78, 5) is 10.9. The number of carbonyl (C=O) groups is 1. The Labute approximate surface area is 96.9 Å². The number of benzene rings is 1. The average molecular weight is 218 g/mol. The topological polar surface area (TPSA) is 26.3 Å². The molecule has 16 heavy (non-hydrogen) atoms. The van der Waals surface area contributed by atoms with Gasteiger partial charge < -0.3 is 4.74 Å². The predicted octanol–water partition coefficient (Wildman–Crippen LogP) is 3.82. The van der Waals surface area contributed by atoms with Gasteiger partial charge in [0.25, 0.3) is 0 Å². The van der Waals surface area contributed by atoms with Crippen molar-refractivity contribution in [1.29, 1.82) is 0 Å². The minimum absolute atomic E-state index is 0.283. The first-order valence-corrected chi connectivity index (χ1v) is 5.68. The van der Waals surface area contributed by atoms with Crippen LogP contribution in [0.25, 0.3) is 6.08 Å². The average Bonchev–Trinajstić information content (AvgIpc) is 2.26. The molecule has 0 amide bonds. The van der Waals surface area contributed by atoms with Crippen LogP contribution in [-0.2, 0) is 4.79 Å². The predicted molar refractivity (Wildman–Crippen MR) is 66.3 cm³/mol. The lowest BCUT2D eigenvalue weighted by Crippen LogP contribution is -2.02. The molecule has 0 saturated carbocycles. The molecule has 0 fully saturated rings. The largest absolute Gasteiger partial charge is 0.426 e. The zero-order valence-corrected chi connectivity index (χ0v) is 9.90. The summed E-state index contributed by atoms with van der Waals surface area (Å²) in [7, 11) is 0.